The van der Waals surface area contributed by atoms with Crippen LogP contribution >= 0.6 is 11.8 Å². The van der Waals surface area contributed by atoms with Crippen molar-refractivity contribution in [2.45, 2.75) is 24.9 Å². The molecule has 10 nitrogen and oxygen atoms in total. The minimum Gasteiger partial charge on any atom is -0.384 e. The van der Waals surface area contributed by atoms with E-state index in [1.54, 1.807) is 0 Å². The Morgan fingerprint density at radius 3 is 2.38 bits per heavy atom. The van der Waals surface area contributed by atoms with Gasteiger partial charge in [-0.3, -0.25) is 23.3 Å². The molecule has 1 saturated heterocycles. The second-order valence-corrected chi connectivity index (χ2v) is 8.77. The maximum atomic E-state index is 12.9. The van der Waals surface area contributed by atoms with Gasteiger partial charge in [0.15, 0.2) is 10.9 Å². The molecule has 3 aromatic rings. The predicted octanol–water partition coefficient (Wildman–Crippen LogP) is 1.13. The third-order valence-electron chi connectivity index (χ3n) is 5.62. The van der Waals surface area contributed by atoms with Crippen LogP contribution in [0.5, 0.6) is 0 Å². The fourth-order valence-corrected chi connectivity index (χ4v) is 4.54. The lowest BCUT2D eigenvalue weighted by Crippen LogP contribution is -2.41. The highest BCUT2D eigenvalue weighted by Crippen LogP contribution is 2.29. The number of benzene rings is 1. The van der Waals surface area contributed by atoms with Crippen molar-refractivity contribution in [1.82, 2.24) is 23.9 Å². The Kier molecular flexibility index (Phi) is 5.92. The van der Waals surface area contributed by atoms with Crippen LogP contribution in [0.1, 0.15) is 28.8 Å². The van der Waals surface area contributed by atoms with Gasteiger partial charge in [0, 0.05) is 27.2 Å². The van der Waals surface area contributed by atoms with Crippen molar-refractivity contribution in [3.8, 4) is 5.69 Å². The number of thioether (sulfide) groups is 1. The van der Waals surface area contributed by atoms with Gasteiger partial charge in [-0.05, 0) is 31.9 Å². The van der Waals surface area contributed by atoms with E-state index in [0.29, 0.717) is 5.16 Å². The van der Waals surface area contributed by atoms with Crippen molar-refractivity contribution in [3.63, 3.8) is 0 Å². The lowest BCUT2D eigenvalue weighted by atomic mass is 10.2. The molecule has 2 aromatic heterocycles. The van der Waals surface area contributed by atoms with Crippen LogP contribution in [-0.2, 0) is 14.1 Å². The molecule has 0 aliphatic carbocycles. The standard InChI is InChI=1S/C21H25N7O3S/c1-13-6-8-14(9-7-13)28-19(27-10-4-5-11-27)23-24-20(28)32-12-15(29)16-17(22)25(2)21(31)26(3)18(16)30/h6-9H,4-5,10-12,22H2,1-3H3. The number of nitrogens with zero attached hydrogens (tertiary/aromatic N) is 6. The van der Waals surface area contributed by atoms with Crippen LogP contribution in [0.2, 0.25) is 0 Å². The summed E-state index contributed by atoms with van der Waals surface area (Å²) >= 11 is 1.18. The first-order valence-corrected chi connectivity index (χ1v) is 11.3. The van der Waals surface area contributed by atoms with E-state index in [2.05, 4.69) is 15.1 Å². The zero-order valence-electron chi connectivity index (χ0n) is 18.2. The number of aryl methyl sites for hydroxylation is 1. The van der Waals surface area contributed by atoms with Gasteiger partial charge in [-0.15, -0.1) is 10.2 Å². The Morgan fingerprint density at radius 2 is 1.72 bits per heavy atom. The van der Waals surface area contributed by atoms with Crippen molar-refractivity contribution in [1.29, 1.82) is 0 Å². The van der Waals surface area contributed by atoms with Gasteiger partial charge in [-0.1, -0.05) is 29.5 Å². The van der Waals surface area contributed by atoms with Crippen molar-refractivity contribution < 1.29 is 4.79 Å². The van der Waals surface area contributed by atoms with Gasteiger partial charge in [0.2, 0.25) is 5.95 Å². The summed E-state index contributed by atoms with van der Waals surface area (Å²) < 4.78 is 3.92. The van der Waals surface area contributed by atoms with Crippen LogP contribution in [0.4, 0.5) is 11.8 Å². The van der Waals surface area contributed by atoms with Crippen molar-refractivity contribution in [2.75, 3.05) is 29.5 Å². The number of nitrogen functional groups attached to an aromatic ring is 1. The highest BCUT2D eigenvalue weighted by Gasteiger charge is 2.25. The molecular weight excluding hydrogens is 430 g/mol. The number of hydrogen-bond donors (Lipinski definition) is 1. The van der Waals surface area contributed by atoms with Gasteiger partial charge in [-0.2, -0.15) is 0 Å². The van der Waals surface area contributed by atoms with Crippen LogP contribution in [0.25, 0.3) is 5.69 Å². The van der Waals surface area contributed by atoms with Crippen molar-refractivity contribution in [3.05, 3.63) is 56.2 Å². The molecule has 0 amide bonds. The number of rotatable bonds is 6. The molecule has 168 valence electrons. The number of carbonyl (C=O) groups excluding carboxylic acids is 1. The number of aromatic nitrogens is 5. The average Bonchev–Trinajstić information content (AvgIpc) is 3.45. The lowest BCUT2D eigenvalue weighted by molar-refractivity contribution is 0.102. The molecule has 3 heterocycles. The van der Waals surface area contributed by atoms with E-state index in [1.165, 1.54) is 25.9 Å². The van der Waals surface area contributed by atoms with E-state index in [1.807, 2.05) is 35.8 Å². The molecule has 1 aliphatic heterocycles. The number of ketones is 1. The molecule has 1 fully saturated rings. The van der Waals surface area contributed by atoms with E-state index in [0.717, 1.165) is 52.3 Å². The molecule has 4 rings (SSSR count). The van der Waals surface area contributed by atoms with Crippen LogP contribution in [0.15, 0.2) is 39.0 Å². The maximum absolute atomic E-state index is 12.9. The molecule has 1 aromatic carbocycles. The topological polar surface area (TPSA) is 121 Å². The maximum Gasteiger partial charge on any atom is 0.332 e. The number of nitrogens with two attached hydrogens (primary N) is 1. The fourth-order valence-electron chi connectivity index (χ4n) is 3.72. The Morgan fingerprint density at radius 1 is 1.06 bits per heavy atom. The highest BCUT2D eigenvalue weighted by molar-refractivity contribution is 7.99. The summed E-state index contributed by atoms with van der Waals surface area (Å²) in [6, 6.07) is 8.00. The first-order valence-electron chi connectivity index (χ1n) is 10.3. The van der Waals surface area contributed by atoms with E-state index >= 15 is 0 Å². The quantitative estimate of drug-likeness (QED) is 0.434. The summed E-state index contributed by atoms with van der Waals surface area (Å²) in [5, 5.41) is 9.27. The smallest absolute Gasteiger partial charge is 0.332 e. The summed E-state index contributed by atoms with van der Waals surface area (Å²) in [5.74, 6) is 0.0620. The average molecular weight is 456 g/mol. The van der Waals surface area contributed by atoms with Gasteiger partial charge in [0.1, 0.15) is 11.4 Å². The van der Waals surface area contributed by atoms with Crippen LogP contribution < -0.4 is 21.9 Å². The molecule has 0 radical (unpaired) electrons. The number of Topliss-reactive ketones (excluding diaryl/α,β-unsaturated/α-hetero) is 1. The van der Waals surface area contributed by atoms with E-state index in [-0.39, 0.29) is 17.1 Å². The second-order valence-electron chi connectivity index (χ2n) is 7.83. The first kappa shape index (κ1) is 21.9. The van der Waals surface area contributed by atoms with Crippen molar-refractivity contribution >= 4 is 29.3 Å². The number of anilines is 2. The van der Waals surface area contributed by atoms with Gasteiger partial charge < -0.3 is 10.6 Å². The molecule has 11 heteroatoms. The van der Waals surface area contributed by atoms with Gasteiger partial charge in [0.05, 0.1) is 11.4 Å². The summed E-state index contributed by atoms with van der Waals surface area (Å²) in [5.41, 5.74) is 6.49. The Bertz CT molecular complexity index is 1280. The molecule has 32 heavy (non-hydrogen) atoms. The van der Waals surface area contributed by atoms with Gasteiger partial charge >= 0.3 is 5.69 Å². The zero-order chi connectivity index (χ0) is 23.0. The fraction of sp³-hybridized carbons (Fsp3) is 0.381. The monoisotopic (exact) mass is 455 g/mol. The third-order valence-corrected chi connectivity index (χ3v) is 6.55. The summed E-state index contributed by atoms with van der Waals surface area (Å²) in [6.07, 6.45) is 2.19. The van der Waals surface area contributed by atoms with E-state index in [9.17, 15) is 14.4 Å². The van der Waals surface area contributed by atoms with E-state index < -0.39 is 17.0 Å². The van der Waals surface area contributed by atoms with Gasteiger partial charge in [0.25, 0.3) is 5.56 Å². The van der Waals surface area contributed by atoms with Gasteiger partial charge in [-0.25, -0.2) is 4.79 Å². The molecule has 0 unspecified atom stereocenters. The molecular formula is C21H25N7O3S. The Labute approximate surface area is 188 Å². The largest absolute Gasteiger partial charge is 0.384 e. The first-order chi connectivity index (χ1) is 15.3. The molecule has 2 N–H and O–H groups in total. The predicted molar refractivity (Wildman–Crippen MR) is 124 cm³/mol. The second kappa shape index (κ2) is 8.65. The minimum absolute atomic E-state index is 0.0678. The van der Waals surface area contributed by atoms with Crippen molar-refractivity contribution in [2.24, 2.45) is 14.1 Å². The molecule has 0 saturated carbocycles. The number of carbonyl (C=O) groups is 1. The normalized spacial score (nSPS) is 13.7. The summed E-state index contributed by atoms with van der Waals surface area (Å²) in [7, 11) is 2.75. The van der Waals surface area contributed by atoms with Crippen LogP contribution in [0.3, 0.4) is 0 Å². The lowest BCUT2D eigenvalue weighted by Gasteiger charge is -2.18. The molecule has 0 bridgehead atoms. The zero-order valence-corrected chi connectivity index (χ0v) is 19.1. The van der Waals surface area contributed by atoms with Crippen LogP contribution in [-0.4, -0.2) is 48.5 Å². The molecule has 0 spiro atoms. The summed E-state index contributed by atoms with van der Waals surface area (Å²) in [4.78, 5) is 39.6. The minimum atomic E-state index is -0.700. The SMILES string of the molecule is Cc1ccc(-n2c(SCC(=O)c3c(N)n(C)c(=O)n(C)c3=O)nnc2N2CCCC2)cc1. The molecule has 0 atom stereocenters. The van der Waals surface area contributed by atoms with E-state index in [4.69, 9.17) is 5.73 Å². The highest BCUT2D eigenvalue weighted by atomic mass is 32.2. The summed E-state index contributed by atoms with van der Waals surface area (Å²) in [6.45, 7) is 3.82. The Hall–Kier alpha value is -3.34. The number of hydrogen-bond acceptors (Lipinski definition) is 8. The third kappa shape index (κ3) is 3.83. The Balaban J connectivity index is 1.67. The molecule has 1 aliphatic rings. The van der Waals surface area contributed by atoms with Crippen LogP contribution in [0, 0.1) is 6.92 Å².